The minimum atomic E-state index is 0.559. The topological polar surface area (TPSA) is 47.3 Å². The molecule has 0 aliphatic carbocycles. The maximum Gasteiger partial charge on any atom is 0.120 e. The van der Waals surface area contributed by atoms with E-state index in [4.69, 9.17) is 22.2 Å². The maximum atomic E-state index is 5.84. The van der Waals surface area contributed by atoms with Gasteiger partial charge in [0.1, 0.15) is 5.75 Å². The molecule has 0 saturated carbocycles. The third-order valence-corrected chi connectivity index (χ3v) is 1.72. The van der Waals surface area contributed by atoms with Gasteiger partial charge in [0, 0.05) is 6.07 Å². The molecular weight excluding hydrogens is 176 g/mol. The minimum Gasteiger partial charge on any atom is -0.494 e. The molecule has 66 valence electrons. The number of ether oxygens (including phenoxy) is 1. The van der Waals surface area contributed by atoms with Crippen LogP contribution in [0.4, 0.5) is 5.69 Å². The lowest BCUT2D eigenvalue weighted by atomic mass is 10.3. The van der Waals surface area contributed by atoms with Gasteiger partial charge in [0.15, 0.2) is 0 Å². The Morgan fingerprint density at radius 3 is 2.83 bits per heavy atom. The molecule has 0 fully saturated rings. The first kappa shape index (κ1) is 9.16. The lowest BCUT2D eigenvalue weighted by molar-refractivity contribution is 0.340. The Hall–Kier alpha value is -0.930. The molecule has 1 rings (SSSR count). The number of nitrogens with two attached hydrogens (primary N) is 1. The molecule has 0 aromatic heterocycles. The van der Waals surface area contributed by atoms with Gasteiger partial charge in [-0.25, -0.2) is 0 Å². The standard InChI is InChI=1S/C8H11ClN2O/c1-2-12-6-3-4-8(11-10)7(9)5-6/h3-5,11H,2,10H2,1H3. The molecule has 12 heavy (non-hydrogen) atoms. The second kappa shape index (κ2) is 4.18. The number of nitrogen functional groups attached to an aromatic ring is 1. The van der Waals surface area contributed by atoms with Crippen molar-refractivity contribution in [3.8, 4) is 5.75 Å². The van der Waals surface area contributed by atoms with Crippen molar-refractivity contribution in [1.82, 2.24) is 0 Å². The van der Waals surface area contributed by atoms with Gasteiger partial charge in [-0.3, -0.25) is 5.84 Å². The van der Waals surface area contributed by atoms with Gasteiger partial charge in [0.25, 0.3) is 0 Å². The van der Waals surface area contributed by atoms with Gasteiger partial charge >= 0.3 is 0 Å². The predicted molar refractivity (Wildman–Crippen MR) is 50.4 cm³/mol. The van der Waals surface area contributed by atoms with E-state index >= 15 is 0 Å². The number of hydrogen-bond donors (Lipinski definition) is 2. The molecule has 0 amide bonds. The number of hydrazine groups is 1. The van der Waals surface area contributed by atoms with Crippen LogP contribution in [0.25, 0.3) is 0 Å². The molecule has 0 heterocycles. The summed E-state index contributed by atoms with van der Waals surface area (Å²) in [7, 11) is 0. The summed E-state index contributed by atoms with van der Waals surface area (Å²) in [6, 6.07) is 5.30. The molecule has 3 N–H and O–H groups in total. The summed E-state index contributed by atoms with van der Waals surface area (Å²) in [5.41, 5.74) is 3.17. The first-order chi connectivity index (χ1) is 5.77. The molecule has 0 aliphatic rings. The smallest absolute Gasteiger partial charge is 0.120 e. The van der Waals surface area contributed by atoms with Crippen molar-refractivity contribution in [2.45, 2.75) is 6.92 Å². The van der Waals surface area contributed by atoms with E-state index in [0.717, 1.165) is 5.75 Å². The van der Waals surface area contributed by atoms with Crippen molar-refractivity contribution < 1.29 is 4.74 Å². The molecular formula is C8H11ClN2O. The van der Waals surface area contributed by atoms with Crippen molar-refractivity contribution in [1.29, 1.82) is 0 Å². The fraction of sp³-hybridized carbons (Fsp3) is 0.250. The van der Waals surface area contributed by atoms with Gasteiger partial charge in [-0.1, -0.05) is 11.6 Å². The Morgan fingerprint density at radius 2 is 2.33 bits per heavy atom. The van der Waals surface area contributed by atoms with Gasteiger partial charge in [-0.05, 0) is 19.1 Å². The molecule has 0 saturated heterocycles. The first-order valence-corrected chi connectivity index (χ1v) is 4.04. The normalized spacial score (nSPS) is 9.58. The second-order valence-electron chi connectivity index (χ2n) is 2.22. The highest BCUT2D eigenvalue weighted by Crippen LogP contribution is 2.25. The molecule has 0 radical (unpaired) electrons. The molecule has 3 nitrogen and oxygen atoms in total. The predicted octanol–water partition coefficient (Wildman–Crippen LogP) is 2.02. The number of anilines is 1. The van der Waals surface area contributed by atoms with E-state index < -0.39 is 0 Å². The summed E-state index contributed by atoms with van der Waals surface area (Å²) in [5.74, 6) is 5.95. The molecule has 1 aromatic carbocycles. The minimum absolute atomic E-state index is 0.559. The molecule has 4 heteroatoms. The second-order valence-corrected chi connectivity index (χ2v) is 2.63. The SMILES string of the molecule is CCOc1ccc(NN)c(Cl)c1. The molecule has 0 atom stereocenters. The van der Waals surface area contributed by atoms with Crippen molar-refractivity contribution in [3.63, 3.8) is 0 Å². The summed E-state index contributed by atoms with van der Waals surface area (Å²) in [5, 5.41) is 0.559. The molecule has 0 spiro atoms. The van der Waals surface area contributed by atoms with Gasteiger partial charge in [-0.2, -0.15) is 0 Å². The zero-order chi connectivity index (χ0) is 8.97. The highest BCUT2D eigenvalue weighted by Gasteiger charge is 1.99. The maximum absolute atomic E-state index is 5.84. The van der Waals surface area contributed by atoms with Crippen LogP contribution in [0.3, 0.4) is 0 Å². The summed E-state index contributed by atoms with van der Waals surface area (Å²) in [6.45, 7) is 2.55. The largest absolute Gasteiger partial charge is 0.494 e. The highest BCUT2D eigenvalue weighted by atomic mass is 35.5. The fourth-order valence-corrected chi connectivity index (χ4v) is 1.09. The van der Waals surface area contributed by atoms with Gasteiger partial charge < -0.3 is 10.2 Å². The Morgan fingerprint density at radius 1 is 1.58 bits per heavy atom. The Bertz CT molecular complexity index is 265. The fourth-order valence-electron chi connectivity index (χ4n) is 0.869. The Balaban J connectivity index is 2.86. The van der Waals surface area contributed by atoms with E-state index in [1.165, 1.54) is 0 Å². The van der Waals surface area contributed by atoms with Crippen LogP contribution in [-0.2, 0) is 0 Å². The zero-order valence-electron chi connectivity index (χ0n) is 6.80. The lowest BCUT2D eigenvalue weighted by Gasteiger charge is -2.06. The first-order valence-electron chi connectivity index (χ1n) is 3.67. The Kier molecular flexibility index (Phi) is 3.19. The van der Waals surface area contributed by atoms with E-state index in [2.05, 4.69) is 5.43 Å². The van der Waals surface area contributed by atoms with Crippen LogP contribution in [0.2, 0.25) is 5.02 Å². The van der Waals surface area contributed by atoms with Gasteiger partial charge in [0.2, 0.25) is 0 Å². The number of nitrogens with one attached hydrogen (secondary N) is 1. The van der Waals surface area contributed by atoms with Crippen molar-refractivity contribution in [2.75, 3.05) is 12.0 Å². The number of rotatable bonds is 3. The third kappa shape index (κ3) is 2.03. The zero-order valence-corrected chi connectivity index (χ0v) is 7.56. The van der Waals surface area contributed by atoms with Crippen LogP contribution in [0.5, 0.6) is 5.75 Å². The van der Waals surface area contributed by atoms with Crippen molar-refractivity contribution >= 4 is 17.3 Å². The van der Waals surface area contributed by atoms with E-state index in [1.54, 1.807) is 12.1 Å². The number of benzene rings is 1. The molecule has 0 aliphatic heterocycles. The number of hydrogen-bond acceptors (Lipinski definition) is 3. The summed E-state index contributed by atoms with van der Waals surface area (Å²) in [4.78, 5) is 0. The van der Waals surface area contributed by atoms with E-state index in [9.17, 15) is 0 Å². The van der Waals surface area contributed by atoms with Crippen LogP contribution in [0.15, 0.2) is 18.2 Å². The van der Waals surface area contributed by atoms with Crippen LogP contribution in [0.1, 0.15) is 6.92 Å². The lowest BCUT2D eigenvalue weighted by Crippen LogP contribution is -2.07. The van der Waals surface area contributed by atoms with E-state index in [0.29, 0.717) is 17.3 Å². The van der Waals surface area contributed by atoms with Crippen LogP contribution in [-0.4, -0.2) is 6.61 Å². The third-order valence-electron chi connectivity index (χ3n) is 1.41. The quantitative estimate of drug-likeness (QED) is 0.561. The summed E-state index contributed by atoms with van der Waals surface area (Å²) < 4.78 is 5.23. The molecule has 1 aromatic rings. The monoisotopic (exact) mass is 186 g/mol. The van der Waals surface area contributed by atoms with Gasteiger partial charge in [-0.15, -0.1) is 0 Å². The van der Waals surface area contributed by atoms with Gasteiger partial charge in [0.05, 0.1) is 17.3 Å². The van der Waals surface area contributed by atoms with E-state index in [1.807, 2.05) is 13.0 Å². The van der Waals surface area contributed by atoms with Crippen molar-refractivity contribution in [3.05, 3.63) is 23.2 Å². The summed E-state index contributed by atoms with van der Waals surface area (Å²) in [6.07, 6.45) is 0. The van der Waals surface area contributed by atoms with Crippen LogP contribution in [0, 0.1) is 0 Å². The number of halogens is 1. The van der Waals surface area contributed by atoms with E-state index in [-0.39, 0.29) is 0 Å². The summed E-state index contributed by atoms with van der Waals surface area (Å²) >= 11 is 5.84. The molecule has 0 unspecified atom stereocenters. The molecule has 0 bridgehead atoms. The van der Waals surface area contributed by atoms with Crippen molar-refractivity contribution in [2.24, 2.45) is 5.84 Å². The highest BCUT2D eigenvalue weighted by molar-refractivity contribution is 6.33. The average Bonchev–Trinajstić information content (AvgIpc) is 2.05. The van der Waals surface area contributed by atoms with Crippen LogP contribution >= 0.6 is 11.6 Å². The van der Waals surface area contributed by atoms with Crippen LogP contribution < -0.4 is 16.0 Å². The average molecular weight is 187 g/mol. The Labute approximate surface area is 76.4 Å².